The first kappa shape index (κ1) is 15.1. The number of benzene rings is 1. The van der Waals surface area contributed by atoms with E-state index in [0.29, 0.717) is 11.8 Å². The summed E-state index contributed by atoms with van der Waals surface area (Å²) in [6.07, 6.45) is 1.91. The molecular formula is C16H25NO3. The van der Waals surface area contributed by atoms with Gasteiger partial charge in [0.1, 0.15) is 11.5 Å². The van der Waals surface area contributed by atoms with Gasteiger partial charge in [-0.05, 0) is 42.9 Å². The Hall–Kier alpha value is -1.26. The summed E-state index contributed by atoms with van der Waals surface area (Å²) in [5.41, 5.74) is 0.889. The van der Waals surface area contributed by atoms with Crippen LogP contribution < -0.4 is 0 Å². The van der Waals surface area contributed by atoms with Crippen molar-refractivity contribution in [1.29, 1.82) is 0 Å². The highest BCUT2D eigenvalue weighted by atomic mass is 16.3. The van der Waals surface area contributed by atoms with Gasteiger partial charge in [0.2, 0.25) is 0 Å². The Labute approximate surface area is 120 Å². The smallest absolute Gasteiger partial charge is 0.122 e. The van der Waals surface area contributed by atoms with Crippen molar-refractivity contribution in [3.8, 4) is 11.5 Å². The molecule has 1 aromatic carbocycles. The van der Waals surface area contributed by atoms with Crippen LogP contribution in [0, 0.1) is 11.8 Å². The van der Waals surface area contributed by atoms with E-state index in [-0.39, 0.29) is 24.1 Å². The van der Waals surface area contributed by atoms with Gasteiger partial charge in [0.15, 0.2) is 0 Å². The number of likely N-dealkylation sites (tertiary alicyclic amines) is 1. The molecule has 2 unspecified atom stereocenters. The summed E-state index contributed by atoms with van der Waals surface area (Å²) in [5, 5.41) is 28.7. The molecule has 1 saturated heterocycles. The lowest BCUT2D eigenvalue weighted by Gasteiger charge is -2.29. The first-order chi connectivity index (χ1) is 9.51. The predicted octanol–water partition coefficient (Wildman–Crippen LogP) is 1.98. The minimum Gasteiger partial charge on any atom is -0.508 e. The van der Waals surface area contributed by atoms with Crippen molar-refractivity contribution >= 4 is 0 Å². The van der Waals surface area contributed by atoms with Gasteiger partial charge in [-0.25, -0.2) is 0 Å². The normalized spacial score (nSPS) is 21.5. The molecule has 0 bridgehead atoms. The zero-order valence-corrected chi connectivity index (χ0v) is 12.3. The van der Waals surface area contributed by atoms with E-state index >= 15 is 0 Å². The zero-order valence-electron chi connectivity index (χ0n) is 12.3. The van der Waals surface area contributed by atoms with Crippen molar-refractivity contribution in [1.82, 2.24) is 4.90 Å². The van der Waals surface area contributed by atoms with Crippen molar-refractivity contribution in [3.05, 3.63) is 23.8 Å². The molecule has 2 atom stereocenters. The van der Waals surface area contributed by atoms with Gasteiger partial charge in [-0.1, -0.05) is 19.9 Å². The van der Waals surface area contributed by atoms with Crippen LogP contribution in [-0.2, 0) is 6.42 Å². The van der Waals surface area contributed by atoms with Crippen LogP contribution in [-0.4, -0.2) is 46.0 Å². The second-order valence-electron chi connectivity index (χ2n) is 6.16. The van der Waals surface area contributed by atoms with Crippen molar-refractivity contribution in [2.75, 3.05) is 19.7 Å². The molecule has 0 amide bonds. The Balaban J connectivity index is 1.96. The van der Waals surface area contributed by atoms with Crippen LogP contribution in [0.25, 0.3) is 0 Å². The quantitative estimate of drug-likeness (QED) is 0.771. The molecule has 20 heavy (non-hydrogen) atoms. The standard InChI is InChI=1S/C16H25NO3/c1-11(2)15(10-18)17-6-5-12(9-17)7-13-3-4-14(19)8-16(13)20/h3-4,8,11-12,15,18-20H,5-7,9-10H2,1-2H3. The number of rotatable bonds is 5. The molecule has 0 radical (unpaired) electrons. The van der Waals surface area contributed by atoms with Gasteiger partial charge in [0.05, 0.1) is 6.61 Å². The maximum absolute atomic E-state index is 9.85. The average molecular weight is 279 g/mol. The molecule has 0 saturated carbocycles. The first-order valence-electron chi connectivity index (χ1n) is 7.37. The fourth-order valence-electron chi connectivity index (χ4n) is 3.11. The molecule has 4 nitrogen and oxygen atoms in total. The molecular weight excluding hydrogens is 254 g/mol. The van der Waals surface area contributed by atoms with Gasteiger partial charge in [0, 0.05) is 18.7 Å². The number of phenolic OH excluding ortho intramolecular Hbond substituents is 2. The van der Waals surface area contributed by atoms with Crippen molar-refractivity contribution in [2.45, 2.75) is 32.7 Å². The third-order valence-corrected chi connectivity index (χ3v) is 4.32. The molecule has 4 heteroatoms. The molecule has 0 aromatic heterocycles. The Morgan fingerprint density at radius 3 is 2.65 bits per heavy atom. The van der Waals surface area contributed by atoms with E-state index < -0.39 is 0 Å². The van der Waals surface area contributed by atoms with Crippen molar-refractivity contribution in [3.63, 3.8) is 0 Å². The van der Waals surface area contributed by atoms with Crippen LogP contribution in [0.2, 0.25) is 0 Å². The fourth-order valence-corrected chi connectivity index (χ4v) is 3.11. The van der Waals surface area contributed by atoms with Gasteiger partial charge in [-0.2, -0.15) is 0 Å². The largest absolute Gasteiger partial charge is 0.508 e. The second kappa shape index (κ2) is 6.46. The third kappa shape index (κ3) is 3.44. The Bertz CT molecular complexity index is 447. The van der Waals surface area contributed by atoms with E-state index in [2.05, 4.69) is 18.7 Å². The van der Waals surface area contributed by atoms with Crippen molar-refractivity contribution in [2.24, 2.45) is 11.8 Å². The topological polar surface area (TPSA) is 63.9 Å². The maximum Gasteiger partial charge on any atom is 0.122 e. The molecule has 3 N–H and O–H groups in total. The van der Waals surface area contributed by atoms with Crippen LogP contribution in [0.1, 0.15) is 25.8 Å². The van der Waals surface area contributed by atoms with Crippen LogP contribution >= 0.6 is 0 Å². The lowest BCUT2D eigenvalue weighted by Crippen LogP contribution is -2.40. The van der Waals surface area contributed by atoms with Gasteiger partial charge in [0.25, 0.3) is 0 Å². The summed E-state index contributed by atoms with van der Waals surface area (Å²) >= 11 is 0. The minimum atomic E-state index is 0.0967. The number of hydrogen-bond acceptors (Lipinski definition) is 4. The highest BCUT2D eigenvalue weighted by Gasteiger charge is 2.29. The van der Waals surface area contributed by atoms with E-state index in [4.69, 9.17) is 0 Å². The zero-order chi connectivity index (χ0) is 14.7. The SMILES string of the molecule is CC(C)C(CO)N1CCC(Cc2ccc(O)cc2O)C1. The van der Waals surface area contributed by atoms with E-state index in [1.165, 1.54) is 6.07 Å². The number of aromatic hydroxyl groups is 2. The van der Waals surface area contributed by atoms with Crippen LogP contribution in [0.3, 0.4) is 0 Å². The van der Waals surface area contributed by atoms with E-state index in [0.717, 1.165) is 31.5 Å². The van der Waals surface area contributed by atoms with E-state index in [1.807, 2.05) is 0 Å². The van der Waals surface area contributed by atoms with Crippen LogP contribution in [0.4, 0.5) is 0 Å². The van der Waals surface area contributed by atoms with Gasteiger partial charge < -0.3 is 15.3 Å². The summed E-state index contributed by atoms with van der Waals surface area (Å²) in [7, 11) is 0. The number of aliphatic hydroxyl groups excluding tert-OH is 1. The number of phenols is 2. The van der Waals surface area contributed by atoms with Crippen molar-refractivity contribution < 1.29 is 15.3 Å². The number of nitrogens with zero attached hydrogens (tertiary/aromatic N) is 1. The first-order valence-corrected chi connectivity index (χ1v) is 7.37. The predicted molar refractivity (Wildman–Crippen MR) is 78.9 cm³/mol. The summed E-state index contributed by atoms with van der Waals surface area (Å²) in [6.45, 7) is 6.45. The minimum absolute atomic E-state index is 0.0967. The highest BCUT2D eigenvalue weighted by molar-refractivity contribution is 5.39. The van der Waals surface area contributed by atoms with Gasteiger partial charge in [-0.3, -0.25) is 4.90 Å². The fraction of sp³-hybridized carbons (Fsp3) is 0.625. The Morgan fingerprint density at radius 1 is 1.30 bits per heavy atom. The van der Waals surface area contributed by atoms with E-state index in [1.54, 1.807) is 12.1 Å². The molecule has 1 aliphatic rings. The Kier molecular flexibility index (Phi) is 4.89. The molecule has 1 fully saturated rings. The molecule has 1 heterocycles. The van der Waals surface area contributed by atoms with E-state index in [9.17, 15) is 15.3 Å². The second-order valence-corrected chi connectivity index (χ2v) is 6.16. The molecule has 1 aliphatic heterocycles. The summed E-state index contributed by atoms with van der Waals surface area (Å²) in [4.78, 5) is 2.35. The summed E-state index contributed by atoms with van der Waals surface area (Å²) < 4.78 is 0. The molecule has 1 aromatic rings. The molecule has 0 aliphatic carbocycles. The molecule has 2 rings (SSSR count). The average Bonchev–Trinajstić information content (AvgIpc) is 2.81. The lowest BCUT2D eigenvalue weighted by atomic mass is 9.97. The summed E-state index contributed by atoms with van der Waals surface area (Å²) in [6, 6.07) is 5.03. The maximum atomic E-state index is 9.85. The molecule has 0 spiro atoms. The molecule has 112 valence electrons. The highest BCUT2D eigenvalue weighted by Crippen LogP contribution is 2.29. The van der Waals surface area contributed by atoms with Gasteiger partial charge >= 0.3 is 0 Å². The van der Waals surface area contributed by atoms with Crippen LogP contribution in [0.5, 0.6) is 11.5 Å². The lowest BCUT2D eigenvalue weighted by molar-refractivity contribution is 0.108. The number of hydrogen-bond donors (Lipinski definition) is 3. The summed E-state index contributed by atoms with van der Waals surface area (Å²) in [5.74, 6) is 1.21. The third-order valence-electron chi connectivity index (χ3n) is 4.32. The van der Waals surface area contributed by atoms with Crippen LogP contribution in [0.15, 0.2) is 18.2 Å². The number of aliphatic hydroxyl groups is 1. The Morgan fingerprint density at radius 2 is 2.05 bits per heavy atom. The van der Waals surface area contributed by atoms with Gasteiger partial charge in [-0.15, -0.1) is 0 Å². The monoisotopic (exact) mass is 279 g/mol.